The molecule has 0 fully saturated rings. The number of rotatable bonds is 4. The smallest absolute Gasteiger partial charge is 0.309 e. The lowest BCUT2D eigenvalue weighted by Gasteiger charge is -2.38. The number of carbonyl (C=O) groups is 2. The van der Waals surface area contributed by atoms with Crippen molar-refractivity contribution in [1.29, 1.82) is 0 Å². The van der Waals surface area contributed by atoms with E-state index < -0.39 is 13.7 Å². The third-order valence-electron chi connectivity index (χ3n) is 5.53. The number of carbonyl (C=O) groups excluding carboxylic acids is 2. The van der Waals surface area contributed by atoms with Crippen LogP contribution in [0.2, 0.25) is 18.1 Å². The molecule has 0 atom stereocenters. The van der Waals surface area contributed by atoms with Crippen LogP contribution in [-0.2, 0) is 27.1 Å². The first-order valence-electron chi connectivity index (χ1n) is 8.38. The molecule has 0 saturated heterocycles. The van der Waals surface area contributed by atoms with E-state index in [2.05, 4.69) is 20.8 Å². The topological polar surface area (TPSA) is 52.6 Å². The number of hydrogen-bond acceptors (Lipinski definition) is 4. The van der Waals surface area contributed by atoms with Crippen molar-refractivity contribution < 1.29 is 19.1 Å². The summed E-state index contributed by atoms with van der Waals surface area (Å²) in [6, 6.07) is 8.02. The van der Waals surface area contributed by atoms with Gasteiger partial charge in [0, 0.05) is 12.8 Å². The predicted octanol–water partition coefficient (Wildman–Crippen LogP) is 4.31. The number of fused-ring (bicyclic) bond motifs is 1. The minimum atomic E-state index is -2.30. The van der Waals surface area contributed by atoms with E-state index in [-0.39, 0.29) is 23.0 Å². The Kier molecular flexibility index (Phi) is 4.95. The van der Waals surface area contributed by atoms with E-state index in [1.165, 1.54) is 7.11 Å². The number of hydrogen-bond donors (Lipinski definition) is 0. The maximum atomic E-state index is 13.0. The minimum absolute atomic E-state index is 0.0958. The van der Waals surface area contributed by atoms with Crippen molar-refractivity contribution in [2.45, 2.75) is 63.8 Å². The maximum Gasteiger partial charge on any atom is 0.309 e. The van der Waals surface area contributed by atoms with Crippen LogP contribution in [0.5, 0.6) is 0 Å². The Hall–Kier alpha value is -1.62. The molecule has 0 unspecified atom stereocenters. The van der Waals surface area contributed by atoms with E-state index >= 15 is 0 Å². The fourth-order valence-electron chi connectivity index (χ4n) is 2.86. The molecule has 0 heterocycles. The van der Waals surface area contributed by atoms with Gasteiger partial charge in [-0.15, -0.1) is 0 Å². The molecule has 1 aromatic carbocycles. The van der Waals surface area contributed by atoms with E-state index in [0.29, 0.717) is 12.8 Å². The van der Waals surface area contributed by atoms with E-state index in [4.69, 9.17) is 9.47 Å². The fraction of sp³-hybridized carbons (Fsp3) is 0.579. The Morgan fingerprint density at radius 1 is 1.12 bits per heavy atom. The Morgan fingerprint density at radius 3 is 2.04 bits per heavy atom. The first kappa shape index (κ1) is 18.7. The molecular formula is C19H28O4Si. The maximum absolute atomic E-state index is 13.0. The van der Waals surface area contributed by atoms with Crippen LogP contribution in [0.15, 0.2) is 24.3 Å². The third-order valence-corrected chi connectivity index (χ3v) is 10.4. The van der Waals surface area contributed by atoms with Gasteiger partial charge in [-0.3, -0.25) is 9.59 Å². The summed E-state index contributed by atoms with van der Waals surface area (Å²) < 4.78 is 10.9. The standard InChI is InChI=1S/C19H28O4Si/c1-18(2,3)24(5,6)17(21)23-19(13-16(20)22-4)11-14-9-7-8-10-15(14)12-19/h7-10H,11-13H2,1-6H3. The van der Waals surface area contributed by atoms with Gasteiger partial charge < -0.3 is 9.47 Å². The zero-order valence-corrected chi connectivity index (χ0v) is 16.6. The van der Waals surface area contributed by atoms with E-state index in [9.17, 15) is 9.59 Å². The zero-order valence-electron chi connectivity index (χ0n) is 15.6. The predicted molar refractivity (Wildman–Crippen MR) is 96.9 cm³/mol. The quantitative estimate of drug-likeness (QED) is 0.601. The van der Waals surface area contributed by atoms with Gasteiger partial charge in [0.1, 0.15) is 5.60 Å². The van der Waals surface area contributed by atoms with Gasteiger partial charge in [0.25, 0.3) is 5.59 Å². The molecule has 0 aliphatic heterocycles. The third kappa shape index (κ3) is 3.56. The van der Waals surface area contributed by atoms with Gasteiger partial charge in [-0.05, 0) is 16.2 Å². The van der Waals surface area contributed by atoms with Crippen LogP contribution in [-0.4, -0.2) is 32.3 Å². The number of ether oxygens (including phenoxy) is 2. The summed E-state index contributed by atoms with van der Waals surface area (Å²) >= 11 is 0. The second-order valence-electron chi connectivity index (χ2n) is 8.32. The number of methoxy groups -OCH3 is 1. The monoisotopic (exact) mass is 348 g/mol. The molecule has 4 nitrogen and oxygen atoms in total. The molecule has 0 N–H and O–H groups in total. The summed E-state index contributed by atoms with van der Waals surface area (Å²) in [6.07, 6.45) is 1.23. The number of esters is 1. The lowest BCUT2D eigenvalue weighted by atomic mass is 9.96. The van der Waals surface area contributed by atoms with Gasteiger partial charge >= 0.3 is 5.97 Å². The average molecular weight is 349 g/mol. The van der Waals surface area contributed by atoms with Gasteiger partial charge in [0.05, 0.1) is 13.5 Å². The molecule has 0 saturated carbocycles. The van der Waals surface area contributed by atoms with Crippen molar-refractivity contribution in [3.05, 3.63) is 35.4 Å². The number of benzene rings is 1. The molecule has 1 aromatic rings. The molecule has 1 aliphatic carbocycles. The van der Waals surface area contributed by atoms with Crippen LogP contribution in [0.1, 0.15) is 38.3 Å². The average Bonchev–Trinajstić information content (AvgIpc) is 2.83. The van der Waals surface area contributed by atoms with E-state index in [0.717, 1.165) is 11.1 Å². The highest BCUT2D eigenvalue weighted by molar-refractivity contribution is 7.05. The van der Waals surface area contributed by atoms with Crippen molar-refractivity contribution >= 4 is 19.6 Å². The summed E-state index contributed by atoms with van der Waals surface area (Å²) in [5.74, 6) is -0.342. The van der Waals surface area contributed by atoms with Crippen LogP contribution in [0.25, 0.3) is 0 Å². The van der Waals surface area contributed by atoms with Crippen molar-refractivity contribution in [2.24, 2.45) is 0 Å². The van der Waals surface area contributed by atoms with Gasteiger partial charge in [-0.25, -0.2) is 0 Å². The highest BCUT2D eigenvalue weighted by Crippen LogP contribution is 2.41. The summed E-state index contributed by atoms with van der Waals surface area (Å²) in [6.45, 7) is 10.3. The normalized spacial score (nSPS) is 16.4. The summed E-state index contributed by atoms with van der Waals surface area (Å²) in [5, 5.41) is -0.109. The minimum Gasteiger partial charge on any atom is -0.469 e. The van der Waals surface area contributed by atoms with E-state index in [1.807, 2.05) is 37.4 Å². The van der Waals surface area contributed by atoms with Crippen molar-refractivity contribution in [3.8, 4) is 0 Å². The Balaban J connectivity index is 2.30. The van der Waals surface area contributed by atoms with Gasteiger partial charge in [-0.1, -0.05) is 58.1 Å². The SMILES string of the molecule is COC(=O)CC1(OC(=O)[Si](C)(C)C(C)(C)C)Cc2ccccc2C1. The Labute approximate surface area is 145 Å². The fourth-order valence-corrected chi connectivity index (χ4v) is 3.94. The zero-order chi connectivity index (χ0) is 18.2. The molecule has 132 valence electrons. The van der Waals surface area contributed by atoms with Crippen LogP contribution in [0.3, 0.4) is 0 Å². The molecule has 0 aromatic heterocycles. The van der Waals surface area contributed by atoms with Gasteiger partial charge in [0.15, 0.2) is 8.07 Å². The largest absolute Gasteiger partial charge is 0.469 e. The van der Waals surface area contributed by atoms with E-state index in [1.54, 1.807) is 0 Å². The molecule has 0 amide bonds. The molecule has 24 heavy (non-hydrogen) atoms. The van der Waals surface area contributed by atoms with Crippen LogP contribution in [0.4, 0.5) is 4.79 Å². The van der Waals surface area contributed by atoms with Crippen LogP contribution in [0, 0.1) is 0 Å². The molecule has 0 bridgehead atoms. The van der Waals surface area contributed by atoms with Crippen molar-refractivity contribution in [1.82, 2.24) is 0 Å². The highest BCUT2D eigenvalue weighted by Gasteiger charge is 2.50. The molecule has 1 aliphatic rings. The Bertz CT molecular complexity index is 618. The molecular weight excluding hydrogens is 320 g/mol. The second-order valence-corrected chi connectivity index (χ2v) is 13.5. The molecule has 2 rings (SSSR count). The summed E-state index contributed by atoms with van der Waals surface area (Å²) in [7, 11) is -0.932. The van der Waals surface area contributed by atoms with Gasteiger partial charge in [-0.2, -0.15) is 0 Å². The summed E-state index contributed by atoms with van der Waals surface area (Å²) in [5.41, 5.74) is 1.34. The summed E-state index contributed by atoms with van der Waals surface area (Å²) in [4.78, 5) is 24.9. The van der Waals surface area contributed by atoms with Crippen molar-refractivity contribution in [3.63, 3.8) is 0 Å². The highest BCUT2D eigenvalue weighted by atomic mass is 28.3. The van der Waals surface area contributed by atoms with Gasteiger partial charge in [0.2, 0.25) is 0 Å². The Morgan fingerprint density at radius 2 is 1.62 bits per heavy atom. The lowest BCUT2D eigenvalue weighted by molar-refractivity contribution is -0.145. The van der Waals surface area contributed by atoms with Crippen LogP contribution < -0.4 is 0 Å². The lowest BCUT2D eigenvalue weighted by Crippen LogP contribution is -2.51. The first-order valence-corrected chi connectivity index (χ1v) is 11.4. The first-order chi connectivity index (χ1) is 11.0. The second kappa shape index (κ2) is 6.35. The van der Waals surface area contributed by atoms with Crippen molar-refractivity contribution in [2.75, 3.05) is 7.11 Å². The molecule has 5 heteroatoms. The van der Waals surface area contributed by atoms with Crippen LogP contribution >= 0.6 is 0 Å². The molecule has 0 radical (unpaired) electrons. The molecule has 0 spiro atoms.